The number of carbonyl (C=O) groups is 1. The third-order valence-corrected chi connectivity index (χ3v) is 4.82. The molecule has 90 valence electrons. The molecule has 4 heteroatoms. The largest absolute Gasteiger partial charge is 0.381 e. The van der Waals surface area contributed by atoms with E-state index in [9.17, 15) is 4.79 Å². The summed E-state index contributed by atoms with van der Waals surface area (Å²) >= 11 is 4.78. The highest BCUT2D eigenvalue weighted by atomic mass is 32.1. The minimum atomic E-state index is -0.351. The fourth-order valence-electron chi connectivity index (χ4n) is 2.76. The highest BCUT2D eigenvalue weighted by molar-refractivity contribution is 7.81. The fraction of sp³-hybridized carbons (Fsp3) is 0.462. The second-order valence-electron chi connectivity index (χ2n) is 4.92. The summed E-state index contributed by atoms with van der Waals surface area (Å²) < 4.78 is 0. The first-order valence-corrected chi connectivity index (χ1v) is 6.45. The molecular weight excluding hydrogens is 232 g/mol. The van der Waals surface area contributed by atoms with E-state index in [1.165, 1.54) is 0 Å². The summed E-state index contributed by atoms with van der Waals surface area (Å²) in [5.74, 6) is 0.515. The van der Waals surface area contributed by atoms with Gasteiger partial charge in [-0.1, -0.05) is 19.1 Å². The van der Waals surface area contributed by atoms with Crippen molar-refractivity contribution in [2.24, 2.45) is 5.92 Å². The smallest absolute Gasteiger partial charge is 0.257 e. The molecule has 0 radical (unpaired) electrons. The maximum absolute atomic E-state index is 12.5. The van der Waals surface area contributed by atoms with Gasteiger partial charge in [0.1, 0.15) is 4.87 Å². The van der Waals surface area contributed by atoms with Gasteiger partial charge in [-0.05, 0) is 24.5 Å². The normalized spacial score (nSPS) is 31.5. The minimum absolute atomic E-state index is 0.102. The summed E-state index contributed by atoms with van der Waals surface area (Å²) in [6, 6.07) is 7.69. The molecule has 1 N–H and O–H groups in total. The number of para-hydroxylation sites is 1. The zero-order valence-electron chi connectivity index (χ0n) is 9.81. The average molecular weight is 248 g/mol. The number of amides is 1. The van der Waals surface area contributed by atoms with Crippen molar-refractivity contribution in [1.29, 1.82) is 0 Å². The first-order chi connectivity index (χ1) is 8.13. The van der Waals surface area contributed by atoms with Crippen LogP contribution in [0.5, 0.6) is 0 Å². The van der Waals surface area contributed by atoms with Crippen LogP contribution in [0.2, 0.25) is 0 Å². The van der Waals surface area contributed by atoms with Crippen molar-refractivity contribution in [3.8, 4) is 0 Å². The third-order valence-electron chi connectivity index (χ3n) is 3.98. The molecule has 0 aliphatic carbocycles. The summed E-state index contributed by atoms with van der Waals surface area (Å²) in [5, 5.41) is 3.36. The number of anilines is 1. The second-order valence-corrected chi connectivity index (χ2v) is 5.70. The Morgan fingerprint density at radius 3 is 3.06 bits per heavy atom. The number of carbonyl (C=O) groups excluding carboxylic acids is 1. The number of hydrogen-bond donors (Lipinski definition) is 2. The van der Waals surface area contributed by atoms with E-state index < -0.39 is 0 Å². The van der Waals surface area contributed by atoms with Crippen LogP contribution < -0.4 is 5.32 Å². The second kappa shape index (κ2) is 3.67. The van der Waals surface area contributed by atoms with Crippen molar-refractivity contribution < 1.29 is 4.79 Å². The highest BCUT2D eigenvalue weighted by Gasteiger charge is 2.47. The van der Waals surface area contributed by atoms with E-state index in [2.05, 4.69) is 12.2 Å². The molecule has 0 bridgehead atoms. The molecule has 1 aromatic rings. The Labute approximate surface area is 107 Å². The van der Waals surface area contributed by atoms with Gasteiger partial charge in [-0.15, -0.1) is 12.6 Å². The van der Waals surface area contributed by atoms with E-state index in [4.69, 9.17) is 12.6 Å². The number of nitrogens with one attached hydrogen (secondary N) is 1. The van der Waals surface area contributed by atoms with Crippen LogP contribution in [0, 0.1) is 5.92 Å². The van der Waals surface area contributed by atoms with Crippen LogP contribution in [0.4, 0.5) is 5.69 Å². The van der Waals surface area contributed by atoms with E-state index in [-0.39, 0.29) is 10.8 Å². The zero-order chi connectivity index (χ0) is 12.0. The van der Waals surface area contributed by atoms with E-state index in [1.54, 1.807) is 0 Å². The minimum Gasteiger partial charge on any atom is -0.381 e. The van der Waals surface area contributed by atoms with Crippen molar-refractivity contribution in [1.82, 2.24) is 4.90 Å². The summed E-state index contributed by atoms with van der Waals surface area (Å²) in [4.78, 5) is 14.1. The van der Waals surface area contributed by atoms with Crippen LogP contribution >= 0.6 is 12.6 Å². The molecule has 0 spiro atoms. The maximum Gasteiger partial charge on any atom is 0.257 e. The van der Waals surface area contributed by atoms with Crippen LogP contribution in [0.15, 0.2) is 24.3 Å². The molecule has 2 unspecified atom stereocenters. The predicted octanol–water partition coefficient (Wildman–Crippen LogP) is 2.22. The summed E-state index contributed by atoms with van der Waals surface area (Å²) in [5.41, 5.74) is 1.69. The Hall–Kier alpha value is -1.16. The summed E-state index contributed by atoms with van der Waals surface area (Å²) in [6.45, 7) is 3.68. The molecule has 0 saturated carbocycles. The zero-order valence-corrected chi connectivity index (χ0v) is 10.7. The Bertz CT molecular complexity index is 476. The molecule has 2 aliphatic rings. The molecule has 3 rings (SSSR count). The van der Waals surface area contributed by atoms with Gasteiger partial charge < -0.3 is 10.2 Å². The molecule has 17 heavy (non-hydrogen) atoms. The molecule has 1 aromatic carbocycles. The monoisotopic (exact) mass is 248 g/mol. The van der Waals surface area contributed by atoms with E-state index >= 15 is 0 Å². The number of fused-ring (bicyclic) bond motifs is 2. The molecule has 3 nitrogen and oxygen atoms in total. The molecule has 2 heterocycles. The Kier molecular flexibility index (Phi) is 2.36. The van der Waals surface area contributed by atoms with Gasteiger partial charge in [-0.25, -0.2) is 0 Å². The lowest BCUT2D eigenvalue weighted by atomic mass is 10.0. The van der Waals surface area contributed by atoms with Gasteiger partial charge in [-0.3, -0.25) is 4.79 Å². The van der Waals surface area contributed by atoms with Gasteiger partial charge in [0, 0.05) is 18.8 Å². The van der Waals surface area contributed by atoms with E-state index in [1.807, 2.05) is 29.2 Å². The lowest BCUT2D eigenvalue weighted by Gasteiger charge is -2.35. The Balaban J connectivity index is 2.08. The molecule has 2 aliphatic heterocycles. The summed E-state index contributed by atoms with van der Waals surface area (Å²) in [7, 11) is 0. The number of thiol groups is 1. The molecule has 1 saturated heterocycles. The average Bonchev–Trinajstić information content (AvgIpc) is 2.57. The lowest BCUT2D eigenvalue weighted by molar-refractivity contribution is 0.0710. The summed E-state index contributed by atoms with van der Waals surface area (Å²) in [6.07, 6.45) is 1.03. The lowest BCUT2D eigenvalue weighted by Crippen LogP contribution is -2.48. The molecule has 1 fully saturated rings. The SMILES string of the molecule is CC1CCN2C(=O)c3ccccc3NCC12S. The first-order valence-electron chi connectivity index (χ1n) is 6.00. The molecule has 1 amide bonds. The van der Waals surface area contributed by atoms with Crippen LogP contribution in [0.1, 0.15) is 23.7 Å². The fourth-order valence-corrected chi connectivity index (χ4v) is 3.15. The number of nitrogens with zero attached hydrogens (tertiary/aromatic N) is 1. The van der Waals surface area contributed by atoms with Crippen LogP contribution in [0.25, 0.3) is 0 Å². The number of benzene rings is 1. The molecule has 2 atom stereocenters. The van der Waals surface area contributed by atoms with Crippen LogP contribution in [-0.4, -0.2) is 28.8 Å². The van der Waals surface area contributed by atoms with E-state index in [0.717, 1.165) is 24.2 Å². The third kappa shape index (κ3) is 1.47. The highest BCUT2D eigenvalue weighted by Crippen LogP contribution is 2.41. The maximum atomic E-state index is 12.5. The Morgan fingerprint density at radius 2 is 2.24 bits per heavy atom. The molecule has 0 aromatic heterocycles. The Morgan fingerprint density at radius 1 is 1.47 bits per heavy atom. The van der Waals surface area contributed by atoms with Crippen LogP contribution in [0.3, 0.4) is 0 Å². The topological polar surface area (TPSA) is 32.3 Å². The van der Waals surface area contributed by atoms with Gasteiger partial charge in [0.2, 0.25) is 0 Å². The van der Waals surface area contributed by atoms with Crippen molar-refractivity contribution in [2.45, 2.75) is 18.2 Å². The molecular formula is C13H16N2OS. The van der Waals surface area contributed by atoms with Gasteiger partial charge in [0.15, 0.2) is 0 Å². The quantitative estimate of drug-likeness (QED) is 0.690. The number of rotatable bonds is 0. The predicted molar refractivity (Wildman–Crippen MR) is 71.5 cm³/mol. The van der Waals surface area contributed by atoms with Gasteiger partial charge in [0.25, 0.3) is 5.91 Å². The van der Waals surface area contributed by atoms with Crippen molar-refractivity contribution in [3.05, 3.63) is 29.8 Å². The van der Waals surface area contributed by atoms with Gasteiger partial charge in [-0.2, -0.15) is 0 Å². The van der Waals surface area contributed by atoms with Gasteiger partial charge in [0.05, 0.1) is 5.56 Å². The van der Waals surface area contributed by atoms with Gasteiger partial charge >= 0.3 is 0 Å². The number of hydrogen-bond acceptors (Lipinski definition) is 3. The van der Waals surface area contributed by atoms with Crippen LogP contribution in [-0.2, 0) is 0 Å². The standard InChI is InChI=1S/C13H16N2OS/c1-9-6-7-15-12(16)10-4-2-3-5-11(10)14-8-13(9,15)17/h2-5,9,14,17H,6-8H2,1H3. The first kappa shape index (κ1) is 11.0. The van der Waals surface area contributed by atoms with Crippen molar-refractivity contribution in [2.75, 3.05) is 18.4 Å². The van der Waals surface area contributed by atoms with Crippen molar-refractivity contribution >= 4 is 24.2 Å². The van der Waals surface area contributed by atoms with E-state index in [0.29, 0.717) is 12.5 Å². The van der Waals surface area contributed by atoms with Crippen molar-refractivity contribution in [3.63, 3.8) is 0 Å².